The van der Waals surface area contributed by atoms with Crippen molar-refractivity contribution in [3.63, 3.8) is 0 Å². The molecule has 1 aromatic heterocycles. The summed E-state index contributed by atoms with van der Waals surface area (Å²) in [5.41, 5.74) is 4.34. The summed E-state index contributed by atoms with van der Waals surface area (Å²) in [6.07, 6.45) is 4.57. The van der Waals surface area contributed by atoms with Gasteiger partial charge in [0.25, 0.3) is 0 Å². The molecule has 0 radical (unpaired) electrons. The maximum absolute atomic E-state index is 5.63. The Morgan fingerprint density at radius 2 is 2.31 bits per heavy atom. The van der Waals surface area contributed by atoms with Crippen molar-refractivity contribution in [2.75, 3.05) is 13.2 Å². The predicted molar refractivity (Wildman–Crippen MR) is 67.3 cm³/mol. The van der Waals surface area contributed by atoms with Crippen LogP contribution in [0.5, 0.6) is 0 Å². The second-order valence-corrected chi connectivity index (χ2v) is 5.27. The summed E-state index contributed by atoms with van der Waals surface area (Å²) in [6.45, 7) is 1.83. The Morgan fingerprint density at radius 1 is 1.50 bits per heavy atom. The largest absolute Gasteiger partial charge is 0.381 e. The summed E-state index contributed by atoms with van der Waals surface area (Å²) in [5.74, 6) is 6.40. The zero-order chi connectivity index (χ0) is 11.2. The number of nitrogens with two attached hydrogens (primary N) is 1. The third-order valence-electron chi connectivity index (χ3n) is 3.26. The molecule has 1 aromatic rings. The van der Waals surface area contributed by atoms with E-state index in [1.54, 1.807) is 11.3 Å². The average Bonchev–Trinajstić information content (AvgIpc) is 2.82. The Balaban J connectivity index is 1.80. The molecule has 16 heavy (non-hydrogen) atoms. The molecule has 1 aliphatic heterocycles. The van der Waals surface area contributed by atoms with Gasteiger partial charge in [0.1, 0.15) is 0 Å². The maximum Gasteiger partial charge on any atom is 0.0468 e. The fraction of sp³-hybridized carbons (Fsp3) is 0.667. The smallest absolute Gasteiger partial charge is 0.0468 e. The minimum absolute atomic E-state index is 0.401. The number of hydrazine groups is 1. The topological polar surface area (TPSA) is 47.3 Å². The van der Waals surface area contributed by atoms with Gasteiger partial charge < -0.3 is 4.74 Å². The van der Waals surface area contributed by atoms with E-state index in [9.17, 15) is 0 Å². The Hall–Kier alpha value is -0.420. The highest BCUT2D eigenvalue weighted by Gasteiger charge is 2.18. The molecule has 0 aliphatic carbocycles. The van der Waals surface area contributed by atoms with Crippen LogP contribution in [0, 0.1) is 5.92 Å². The van der Waals surface area contributed by atoms with Gasteiger partial charge in [-0.3, -0.25) is 11.3 Å². The summed E-state index contributed by atoms with van der Waals surface area (Å²) in [7, 11) is 0. The Kier molecular flexibility index (Phi) is 4.78. The highest BCUT2D eigenvalue weighted by molar-refractivity contribution is 7.07. The van der Waals surface area contributed by atoms with Gasteiger partial charge in [-0.25, -0.2) is 0 Å². The van der Waals surface area contributed by atoms with Gasteiger partial charge in [0.05, 0.1) is 0 Å². The third-order valence-corrected chi connectivity index (χ3v) is 3.99. The first-order valence-corrected chi connectivity index (χ1v) is 6.87. The molecule has 90 valence electrons. The quantitative estimate of drug-likeness (QED) is 0.611. The molecule has 1 fully saturated rings. The Bertz CT molecular complexity index is 283. The lowest BCUT2D eigenvalue weighted by molar-refractivity contribution is 0.0605. The van der Waals surface area contributed by atoms with Crippen LogP contribution in [-0.2, 0) is 11.2 Å². The van der Waals surface area contributed by atoms with Crippen LogP contribution in [0.25, 0.3) is 0 Å². The predicted octanol–water partition coefficient (Wildman–Crippen LogP) is 1.94. The second kappa shape index (κ2) is 6.35. The molecule has 1 aliphatic rings. The first-order valence-electron chi connectivity index (χ1n) is 5.93. The van der Waals surface area contributed by atoms with E-state index in [2.05, 4.69) is 22.3 Å². The molecular weight excluding hydrogens is 220 g/mol. The van der Waals surface area contributed by atoms with E-state index in [1.165, 1.54) is 18.4 Å². The van der Waals surface area contributed by atoms with Crippen molar-refractivity contribution < 1.29 is 4.74 Å². The van der Waals surface area contributed by atoms with Gasteiger partial charge in [-0.15, -0.1) is 0 Å². The van der Waals surface area contributed by atoms with Crippen LogP contribution in [0.3, 0.4) is 0 Å². The molecule has 1 atom stereocenters. The van der Waals surface area contributed by atoms with Gasteiger partial charge in [-0.05, 0) is 54.0 Å². The molecule has 2 rings (SSSR count). The number of thiophene rings is 1. The summed E-state index contributed by atoms with van der Waals surface area (Å²) in [5, 5.41) is 4.33. The summed E-state index contributed by atoms with van der Waals surface area (Å²) < 4.78 is 5.37. The fourth-order valence-electron chi connectivity index (χ4n) is 2.29. The van der Waals surface area contributed by atoms with E-state index in [4.69, 9.17) is 10.6 Å². The molecule has 0 aromatic carbocycles. The molecule has 4 heteroatoms. The maximum atomic E-state index is 5.63. The molecule has 0 bridgehead atoms. The van der Waals surface area contributed by atoms with E-state index in [0.717, 1.165) is 32.0 Å². The van der Waals surface area contributed by atoms with Crippen molar-refractivity contribution >= 4 is 11.3 Å². The zero-order valence-electron chi connectivity index (χ0n) is 9.52. The molecule has 1 unspecified atom stereocenters. The van der Waals surface area contributed by atoms with E-state index >= 15 is 0 Å². The van der Waals surface area contributed by atoms with Crippen LogP contribution in [0.4, 0.5) is 0 Å². The van der Waals surface area contributed by atoms with Crippen LogP contribution >= 0.6 is 11.3 Å². The normalized spacial score (nSPS) is 19.8. The summed E-state index contributed by atoms with van der Waals surface area (Å²) >= 11 is 1.75. The fourth-order valence-corrected chi connectivity index (χ4v) is 2.97. The van der Waals surface area contributed by atoms with Crippen molar-refractivity contribution in [1.82, 2.24) is 5.43 Å². The highest BCUT2D eigenvalue weighted by Crippen LogP contribution is 2.21. The van der Waals surface area contributed by atoms with Gasteiger partial charge in [0.2, 0.25) is 0 Å². The van der Waals surface area contributed by atoms with Gasteiger partial charge in [-0.2, -0.15) is 11.3 Å². The van der Waals surface area contributed by atoms with Gasteiger partial charge in [-0.1, -0.05) is 0 Å². The molecule has 3 N–H and O–H groups in total. The number of ether oxygens (including phenoxy) is 1. The van der Waals surface area contributed by atoms with E-state index in [1.807, 2.05) is 0 Å². The van der Waals surface area contributed by atoms with E-state index in [-0.39, 0.29) is 0 Å². The molecule has 0 amide bonds. The minimum atomic E-state index is 0.401. The van der Waals surface area contributed by atoms with E-state index in [0.29, 0.717) is 6.04 Å². The number of nitrogens with one attached hydrogen (secondary N) is 1. The number of rotatable bonds is 5. The molecule has 2 heterocycles. The molecule has 0 saturated carbocycles. The van der Waals surface area contributed by atoms with Gasteiger partial charge >= 0.3 is 0 Å². The second-order valence-electron chi connectivity index (χ2n) is 4.49. The van der Waals surface area contributed by atoms with Crippen molar-refractivity contribution in [3.05, 3.63) is 22.4 Å². The van der Waals surface area contributed by atoms with Crippen LogP contribution in [0.15, 0.2) is 16.8 Å². The highest BCUT2D eigenvalue weighted by atomic mass is 32.1. The average molecular weight is 240 g/mol. The number of hydrogen-bond donors (Lipinski definition) is 2. The number of hydrogen-bond acceptors (Lipinski definition) is 4. The zero-order valence-corrected chi connectivity index (χ0v) is 10.3. The molecule has 3 nitrogen and oxygen atoms in total. The third kappa shape index (κ3) is 3.56. The lowest BCUT2D eigenvalue weighted by atomic mass is 9.90. The first-order chi connectivity index (χ1) is 7.88. The van der Waals surface area contributed by atoms with Crippen LogP contribution in [-0.4, -0.2) is 19.3 Å². The van der Waals surface area contributed by atoms with Crippen LogP contribution < -0.4 is 11.3 Å². The lowest BCUT2D eigenvalue weighted by Gasteiger charge is -2.26. The summed E-state index contributed by atoms with van der Waals surface area (Å²) in [6, 6.07) is 2.58. The first kappa shape index (κ1) is 12.0. The van der Waals surface area contributed by atoms with Gasteiger partial charge in [0.15, 0.2) is 0 Å². The lowest BCUT2D eigenvalue weighted by Crippen LogP contribution is -2.39. The Labute approximate surface area is 101 Å². The monoisotopic (exact) mass is 240 g/mol. The van der Waals surface area contributed by atoms with Crippen molar-refractivity contribution in [1.29, 1.82) is 0 Å². The summed E-state index contributed by atoms with van der Waals surface area (Å²) in [4.78, 5) is 0. The Morgan fingerprint density at radius 3 is 2.94 bits per heavy atom. The SMILES string of the molecule is NNC(Cc1ccsc1)CC1CCOCC1. The standard InChI is InChI=1S/C12H20N2OS/c13-14-12(8-11-3-6-16-9-11)7-10-1-4-15-5-2-10/h3,6,9-10,12,14H,1-2,4-5,7-8,13H2. The van der Waals surface area contributed by atoms with E-state index < -0.39 is 0 Å². The van der Waals surface area contributed by atoms with Gasteiger partial charge in [0, 0.05) is 19.3 Å². The van der Waals surface area contributed by atoms with Crippen molar-refractivity contribution in [2.24, 2.45) is 11.8 Å². The van der Waals surface area contributed by atoms with Crippen molar-refractivity contribution in [3.8, 4) is 0 Å². The van der Waals surface area contributed by atoms with Crippen LogP contribution in [0.2, 0.25) is 0 Å². The molecular formula is C12H20N2OS. The van der Waals surface area contributed by atoms with Crippen molar-refractivity contribution in [2.45, 2.75) is 31.7 Å². The molecule has 1 saturated heterocycles. The van der Waals surface area contributed by atoms with Crippen LogP contribution in [0.1, 0.15) is 24.8 Å². The molecule has 0 spiro atoms. The minimum Gasteiger partial charge on any atom is -0.381 e.